The van der Waals surface area contributed by atoms with Crippen LogP contribution >= 0.6 is 0 Å². The van der Waals surface area contributed by atoms with Crippen molar-refractivity contribution in [1.29, 1.82) is 0 Å². The van der Waals surface area contributed by atoms with Gasteiger partial charge in [0.05, 0.1) is 23.9 Å². The maximum atomic E-state index is 11.3. The third-order valence-electron chi connectivity index (χ3n) is 10.9. The number of aliphatic hydroxyl groups excluding tert-OH is 2. The van der Waals surface area contributed by atoms with Gasteiger partial charge in [0.2, 0.25) is 0 Å². The van der Waals surface area contributed by atoms with Crippen molar-refractivity contribution in [2.24, 2.45) is 40.4 Å². The Morgan fingerprint density at radius 2 is 1.77 bits per heavy atom. The molecule has 0 aromatic carbocycles. The average Bonchev–Trinajstić information content (AvgIpc) is 3.13. The lowest BCUT2D eigenvalue weighted by Crippen LogP contribution is -2.54. The monoisotopic (exact) mass is 416 g/mol. The molecule has 4 fully saturated rings. The lowest BCUT2D eigenvalue weighted by molar-refractivity contribution is -0.0971. The molecule has 170 valence electrons. The highest BCUT2D eigenvalue weighted by Crippen LogP contribution is 2.67. The smallest absolute Gasteiger partial charge is 0.0892 e. The van der Waals surface area contributed by atoms with Crippen LogP contribution < -0.4 is 0 Å². The van der Waals surface area contributed by atoms with Crippen molar-refractivity contribution >= 4 is 0 Å². The highest BCUT2D eigenvalue weighted by Gasteiger charge is 2.61. The SMILES string of the molecule is C[C@H](CC[C@@H]1OC1(C)C)[C@H]1CC[C@H]2[C@@H]3C(O)C=C4CC(O)CC[C@]4(C)[C@H]3CC[C@]12C. The molecule has 3 nitrogen and oxygen atoms in total. The van der Waals surface area contributed by atoms with Gasteiger partial charge in [0.25, 0.3) is 0 Å². The van der Waals surface area contributed by atoms with Gasteiger partial charge in [-0.2, -0.15) is 0 Å². The van der Waals surface area contributed by atoms with E-state index in [1.165, 1.54) is 44.1 Å². The molecule has 0 aromatic rings. The van der Waals surface area contributed by atoms with Crippen LogP contribution in [0.5, 0.6) is 0 Å². The van der Waals surface area contributed by atoms with E-state index in [1.807, 2.05) is 0 Å². The summed E-state index contributed by atoms with van der Waals surface area (Å²) in [5, 5.41) is 21.5. The molecule has 5 rings (SSSR count). The molecule has 0 spiro atoms. The summed E-state index contributed by atoms with van der Waals surface area (Å²) < 4.78 is 5.85. The number of fused-ring (bicyclic) bond motifs is 5. The van der Waals surface area contributed by atoms with Gasteiger partial charge in [-0.3, -0.25) is 0 Å². The Bertz CT molecular complexity index is 713. The second-order valence-electron chi connectivity index (χ2n) is 12.8. The molecule has 5 aliphatic rings. The molecule has 10 atom stereocenters. The lowest BCUT2D eigenvalue weighted by Gasteiger charge is -2.59. The minimum Gasteiger partial charge on any atom is -0.393 e. The van der Waals surface area contributed by atoms with Gasteiger partial charge in [0.15, 0.2) is 0 Å². The van der Waals surface area contributed by atoms with Gasteiger partial charge in [-0.1, -0.05) is 32.4 Å². The molecule has 1 saturated heterocycles. The van der Waals surface area contributed by atoms with E-state index in [2.05, 4.69) is 40.7 Å². The average molecular weight is 417 g/mol. The van der Waals surface area contributed by atoms with Gasteiger partial charge >= 0.3 is 0 Å². The van der Waals surface area contributed by atoms with E-state index in [4.69, 9.17) is 4.74 Å². The van der Waals surface area contributed by atoms with Crippen molar-refractivity contribution in [1.82, 2.24) is 0 Å². The van der Waals surface area contributed by atoms with Crippen molar-refractivity contribution in [3.8, 4) is 0 Å². The first kappa shape index (κ1) is 21.5. The molecule has 30 heavy (non-hydrogen) atoms. The van der Waals surface area contributed by atoms with E-state index in [0.717, 1.165) is 31.1 Å². The van der Waals surface area contributed by atoms with Crippen molar-refractivity contribution in [3.63, 3.8) is 0 Å². The van der Waals surface area contributed by atoms with Crippen LogP contribution in [0.4, 0.5) is 0 Å². The number of aliphatic hydroxyl groups is 2. The molecule has 3 heteroatoms. The fraction of sp³-hybridized carbons (Fsp3) is 0.926. The summed E-state index contributed by atoms with van der Waals surface area (Å²) in [5.74, 6) is 3.17. The highest BCUT2D eigenvalue weighted by molar-refractivity contribution is 5.27. The van der Waals surface area contributed by atoms with Crippen molar-refractivity contribution in [2.45, 2.75) is 116 Å². The first-order valence-corrected chi connectivity index (χ1v) is 12.8. The first-order chi connectivity index (χ1) is 14.1. The fourth-order valence-corrected chi connectivity index (χ4v) is 8.96. The standard InChI is InChI=1S/C27H44O3/c1-16(6-9-23-25(2,3)30-23)19-7-8-20-24-21(11-13-27(19,20)5)26(4)12-10-18(28)14-17(26)15-22(24)29/h15-16,18-24,28-29H,6-14H2,1-5H3/t16-,18?,19-,20+,21+,22?,23+,24+,26+,27-/m1/s1. The van der Waals surface area contributed by atoms with Crippen molar-refractivity contribution in [2.75, 3.05) is 0 Å². The number of rotatable bonds is 4. The second kappa shape index (κ2) is 7.06. The van der Waals surface area contributed by atoms with Gasteiger partial charge in [0.1, 0.15) is 0 Å². The minimum absolute atomic E-state index is 0.110. The first-order valence-electron chi connectivity index (χ1n) is 12.8. The Labute approximate surface area is 183 Å². The lowest BCUT2D eigenvalue weighted by atomic mass is 9.46. The van der Waals surface area contributed by atoms with Crippen molar-refractivity contribution < 1.29 is 14.9 Å². The van der Waals surface area contributed by atoms with Crippen LogP contribution in [0.25, 0.3) is 0 Å². The van der Waals surface area contributed by atoms with Crippen LogP contribution in [0.2, 0.25) is 0 Å². The maximum Gasteiger partial charge on any atom is 0.0892 e. The maximum absolute atomic E-state index is 11.3. The van der Waals surface area contributed by atoms with Gasteiger partial charge < -0.3 is 14.9 Å². The van der Waals surface area contributed by atoms with Gasteiger partial charge in [-0.25, -0.2) is 0 Å². The topological polar surface area (TPSA) is 53.0 Å². The molecule has 1 aliphatic heterocycles. The molecule has 0 radical (unpaired) electrons. The van der Waals surface area contributed by atoms with E-state index < -0.39 is 0 Å². The Morgan fingerprint density at radius 1 is 1.03 bits per heavy atom. The molecule has 0 amide bonds. The Balaban J connectivity index is 1.34. The van der Waals surface area contributed by atoms with Crippen LogP contribution in [0.3, 0.4) is 0 Å². The summed E-state index contributed by atoms with van der Waals surface area (Å²) in [7, 11) is 0. The molecule has 2 N–H and O–H groups in total. The third-order valence-corrected chi connectivity index (χ3v) is 10.9. The van der Waals surface area contributed by atoms with Crippen LogP contribution in [0, 0.1) is 40.4 Å². The Morgan fingerprint density at radius 3 is 2.47 bits per heavy atom. The van der Waals surface area contributed by atoms with Gasteiger partial charge in [0, 0.05) is 0 Å². The van der Waals surface area contributed by atoms with Gasteiger partial charge in [-0.15, -0.1) is 0 Å². The van der Waals surface area contributed by atoms with Crippen molar-refractivity contribution in [3.05, 3.63) is 11.6 Å². The zero-order valence-corrected chi connectivity index (χ0v) is 19.9. The highest BCUT2D eigenvalue weighted by atomic mass is 16.6. The summed E-state index contributed by atoms with van der Waals surface area (Å²) in [6, 6.07) is 0. The van der Waals surface area contributed by atoms with Gasteiger partial charge in [-0.05, 0) is 112 Å². The molecule has 0 bridgehead atoms. The summed E-state index contributed by atoms with van der Waals surface area (Å²) >= 11 is 0. The van der Waals surface area contributed by atoms with E-state index in [-0.39, 0.29) is 23.2 Å². The predicted octanol–water partition coefficient (Wildman–Crippen LogP) is 5.49. The molecular weight excluding hydrogens is 372 g/mol. The van der Waals surface area contributed by atoms with E-state index in [1.54, 1.807) is 0 Å². The van der Waals surface area contributed by atoms with E-state index >= 15 is 0 Å². The van der Waals surface area contributed by atoms with Crippen LogP contribution in [0.1, 0.15) is 92.4 Å². The summed E-state index contributed by atoms with van der Waals surface area (Å²) in [6.45, 7) is 11.9. The fourth-order valence-electron chi connectivity index (χ4n) is 8.96. The molecule has 1 heterocycles. The Kier molecular flexibility index (Phi) is 5.05. The molecule has 4 aliphatic carbocycles. The largest absolute Gasteiger partial charge is 0.393 e. The zero-order valence-electron chi connectivity index (χ0n) is 19.9. The number of hydrogen-bond acceptors (Lipinski definition) is 3. The molecule has 2 unspecified atom stereocenters. The Hall–Kier alpha value is -0.380. The second-order valence-corrected chi connectivity index (χ2v) is 12.8. The molecular formula is C27H44O3. The quantitative estimate of drug-likeness (QED) is 0.470. The predicted molar refractivity (Wildman–Crippen MR) is 120 cm³/mol. The number of epoxide rings is 1. The normalized spacial score (nSPS) is 52.6. The van der Waals surface area contributed by atoms with Crippen LogP contribution in [-0.2, 0) is 4.74 Å². The molecule has 3 saturated carbocycles. The van der Waals surface area contributed by atoms with Crippen LogP contribution in [0.15, 0.2) is 11.6 Å². The summed E-state index contributed by atoms with van der Waals surface area (Å²) in [4.78, 5) is 0. The third kappa shape index (κ3) is 3.17. The minimum atomic E-state index is -0.317. The van der Waals surface area contributed by atoms with Crippen LogP contribution in [-0.4, -0.2) is 34.1 Å². The summed E-state index contributed by atoms with van der Waals surface area (Å²) in [6.07, 6.45) is 12.6. The van der Waals surface area contributed by atoms with E-state index in [0.29, 0.717) is 29.3 Å². The molecule has 0 aromatic heterocycles. The summed E-state index contributed by atoms with van der Waals surface area (Å²) in [5.41, 5.74) is 2.04. The number of hydrogen-bond donors (Lipinski definition) is 2. The zero-order chi connectivity index (χ0) is 21.5. The van der Waals surface area contributed by atoms with E-state index in [9.17, 15) is 10.2 Å². The number of ether oxygens (including phenoxy) is 1.